The number of hydrogen-bond acceptors (Lipinski definition) is 9. The number of fused-ring (bicyclic) bond motifs is 3. The second-order valence-corrected chi connectivity index (χ2v) is 8.92. The van der Waals surface area contributed by atoms with Gasteiger partial charge in [0.2, 0.25) is 5.13 Å². The van der Waals surface area contributed by atoms with E-state index in [2.05, 4.69) is 25.5 Å². The lowest BCUT2D eigenvalue weighted by molar-refractivity contribution is 0.211. The zero-order valence-corrected chi connectivity index (χ0v) is 16.1. The van der Waals surface area contributed by atoms with E-state index in [4.69, 9.17) is 4.74 Å². The molecule has 0 atom stereocenters. The summed E-state index contributed by atoms with van der Waals surface area (Å²) in [7, 11) is 1.66. The Morgan fingerprint density at radius 3 is 3.12 bits per heavy atom. The SMILES string of the molecule is COCCNc1nnc(SCc2nc3sc4c(c3c(=O)[nH]2)CCC4)s1. The maximum atomic E-state index is 12.4. The van der Waals surface area contributed by atoms with Crippen LogP contribution in [0.15, 0.2) is 9.13 Å². The standard InChI is InChI=1S/C15H17N5O2S3/c1-22-6-5-16-14-19-20-15(25-14)23-7-10-17-12(21)11-8-3-2-4-9(8)24-13(11)18-10/h2-7H2,1H3,(H,16,19)(H,17,18,21). The van der Waals surface area contributed by atoms with Gasteiger partial charge in [-0.25, -0.2) is 4.98 Å². The van der Waals surface area contributed by atoms with Crippen LogP contribution >= 0.6 is 34.4 Å². The van der Waals surface area contributed by atoms with E-state index in [0.717, 1.165) is 39.0 Å². The Morgan fingerprint density at radius 1 is 1.32 bits per heavy atom. The maximum absolute atomic E-state index is 12.4. The summed E-state index contributed by atoms with van der Waals surface area (Å²) in [5.74, 6) is 1.26. The molecule has 0 saturated carbocycles. The molecule has 0 radical (unpaired) electrons. The van der Waals surface area contributed by atoms with E-state index >= 15 is 0 Å². The van der Waals surface area contributed by atoms with Gasteiger partial charge >= 0.3 is 0 Å². The molecule has 25 heavy (non-hydrogen) atoms. The van der Waals surface area contributed by atoms with Crippen molar-refractivity contribution in [2.75, 3.05) is 25.6 Å². The van der Waals surface area contributed by atoms with E-state index in [0.29, 0.717) is 24.7 Å². The van der Waals surface area contributed by atoms with Gasteiger partial charge in [0.15, 0.2) is 4.34 Å². The van der Waals surface area contributed by atoms with Crippen LogP contribution in [0.1, 0.15) is 22.7 Å². The maximum Gasteiger partial charge on any atom is 0.259 e. The lowest BCUT2D eigenvalue weighted by atomic mass is 10.2. The van der Waals surface area contributed by atoms with Gasteiger partial charge in [-0.05, 0) is 24.8 Å². The summed E-state index contributed by atoms with van der Waals surface area (Å²) >= 11 is 4.68. The molecule has 4 rings (SSSR count). The number of nitrogens with zero attached hydrogens (tertiary/aromatic N) is 3. The van der Waals surface area contributed by atoms with Crippen molar-refractivity contribution in [2.24, 2.45) is 0 Å². The smallest absolute Gasteiger partial charge is 0.259 e. The van der Waals surface area contributed by atoms with Crippen molar-refractivity contribution < 1.29 is 4.74 Å². The van der Waals surface area contributed by atoms with E-state index in [1.165, 1.54) is 33.5 Å². The number of methoxy groups -OCH3 is 1. The van der Waals surface area contributed by atoms with Gasteiger partial charge in [-0.3, -0.25) is 4.79 Å². The quantitative estimate of drug-likeness (QED) is 0.469. The highest BCUT2D eigenvalue weighted by atomic mass is 32.2. The third kappa shape index (κ3) is 3.57. The molecule has 1 aliphatic carbocycles. The van der Waals surface area contributed by atoms with Crippen LogP contribution in [0.4, 0.5) is 5.13 Å². The summed E-state index contributed by atoms with van der Waals surface area (Å²) in [6.45, 7) is 1.32. The monoisotopic (exact) mass is 395 g/mol. The van der Waals surface area contributed by atoms with Crippen LogP contribution in [0.2, 0.25) is 0 Å². The van der Waals surface area contributed by atoms with Gasteiger partial charge in [-0.1, -0.05) is 23.1 Å². The minimum Gasteiger partial charge on any atom is -0.383 e. The molecule has 0 spiro atoms. The number of thioether (sulfide) groups is 1. The topological polar surface area (TPSA) is 92.8 Å². The Bertz CT molecular complexity index is 948. The molecule has 0 unspecified atom stereocenters. The predicted octanol–water partition coefficient (Wildman–Crippen LogP) is 2.68. The number of thiophene rings is 1. The molecule has 0 saturated heterocycles. The second-order valence-electron chi connectivity index (χ2n) is 5.63. The number of hydrogen-bond donors (Lipinski definition) is 2. The highest BCUT2D eigenvalue weighted by Gasteiger charge is 2.21. The zero-order chi connectivity index (χ0) is 17.2. The minimum absolute atomic E-state index is 0.0146. The second kappa shape index (κ2) is 7.40. The van der Waals surface area contributed by atoms with Crippen molar-refractivity contribution in [2.45, 2.75) is 29.4 Å². The zero-order valence-electron chi connectivity index (χ0n) is 13.6. The fraction of sp³-hybridized carbons (Fsp3) is 0.467. The number of nitrogens with one attached hydrogen (secondary N) is 2. The highest BCUT2D eigenvalue weighted by molar-refractivity contribution is 8.00. The molecule has 10 heteroatoms. The average Bonchev–Trinajstić information content (AvgIpc) is 3.28. The number of aromatic amines is 1. The van der Waals surface area contributed by atoms with Gasteiger partial charge in [0.1, 0.15) is 10.7 Å². The fourth-order valence-electron chi connectivity index (χ4n) is 2.84. The Kier molecular flexibility index (Phi) is 5.02. The van der Waals surface area contributed by atoms with Gasteiger partial charge in [0.05, 0.1) is 17.7 Å². The van der Waals surface area contributed by atoms with Crippen LogP contribution in [-0.2, 0) is 23.3 Å². The Labute approximate surface area is 156 Å². The van der Waals surface area contributed by atoms with Gasteiger partial charge in [0.25, 0.3) is 5.56 Å². The molecule has 0 fully saturated rings. The largest absolute Gasteiger partial charge is 0.383 e. The lowest BCUT2D eigenvalue weighted by Gasteiger charge is -2.00. The summed E-state index contributed by atoms with van der Waals surface area (Å²) in [4.78, 5) is 22.2. The van der Waals surface area contributed by atoms with Crippen LogP contribution < -0.4 is 10.9 Å². The summed E-state index contributed by atoms with van der Waals surface area (Å²) in [6.07, 6.45) is 3.22. The number of H-pyrrole nitrogens is 1. The number of aromatic nitrogens is 4. The van der Waals surface area contributed by atoms with Gasteiger partial charge in [0, 0.05) is 18.5 Å². The van der Waals surface area contributed by atoms with E-state index in [1.807, 2.05) is 0 Å². The van der Waals surface area contributed by atoms with E-state index in [-0.39, 0.29) is 5.56 Å². The number of aryl methyl sites for hydroxylation is 2. The fourth-order valence-corrected chi connectivity index (χ4v) is 5.77. The first-order valence-corrected chi connectivity index (χ1v) is 10.6. The average molecular weight is 396 g/mol. The molecular weight excluding hydrogens is 378 g/mol. The summed E-state index contributed by atoms with van der Waals surface area (Å²) in [5, 5.41) is 13.0. The molecule has 3 heterocycles. The molecule has 3 aromatic heterocycles. The van der Waals surface area contributed by atoms with Crippen molar-refractivity contribution >= 4 is 49.8 Å². The third-order valence-electron chi connectivity index (χ3n) is 3.95. The molecule has 1 aliphatic rings. The third-order valence-corrected chi connectivity index (χ3v) is 7.16. The molecule has 0 aliphatic heterocycles. The summed E-state index contributed by atoms with van der Waals surface area (Å²) in [6, 6.07) is 0. The molecule has 132 valence electrons. The summed E-state index contributed by atoms with van der Waals surface area (Å²) < 4.78 is 5.84. The van der Waals surface area contributed by atoms with Gasteiger partial charge in [-0.2, -0.15) is 0 Å². The molecule has 2 N–H and O–H groups in total. The molecular formula is C15H17N5O2S3. The predicted molar refractivity (Wildman–Crippen MR) is 102 cm³/mol. The Hall–Kier alpha value is -1.49. The van der Waals surface area contributed by atoms with Gasteiger partial charge in [-0.15, -0.1) is 21.5 Å². The van der Waals surface area contributed by atoms with E-state index in [1.54, 1.807) is 18.4 Å². The van der Waals surface area contributed by atoms with Crippen molar-refractivity contribution in [1.29, 1.82) is 0 Å². The van der Waals surface area contributed by atoms with Crippen LogP contribution in [-0.4, -0.2) is 40.4 Å². The van der Waals surface area contributed by atoms with Gasteiger partial charge < -0.3 is 15.0 Å². The number of rotatable bonds is 7. The van der Waals surface area contributed by atoms with E-state index in [9.17, 15) is 4.79 Å². The van der Waals surface area contributed by atoms with Crippen molar-refractivity contribution in [1.82, 2.24) is 20.2 Å². The Balaban J connectivity index is 1.45. The first-order valence-electron chi connectivity index (χ1n) is 7.97. The Morgan fingerprint density at radius 2 is 2.24 bits per heavy atom. The van der Waals surface area contributed by atoms with Crippen molar-refractivity contribution in [3.63, 3.8) is 0 Å². The van der Waals surface area contributed by atoms with Crippen molar-refractivity contribution in [3.8, 4) is 0 Å². The normalized spacial score (nSPS) is 13.5. The summed E-state index contributed by atoms with van der Waals surface area (Å²) in [5.41, 5.74) is 1.20. The molecule has 7 nitrogen and oxygen atoms in total. The molecule has 0 amide bonds. The lowest BCUT2D eigenvalue weighted by Crippen LogP contribution is -2.11. The minimum atomic E-state index is -0.0146. The molecule has 0 aromatic carbocycles. The first-order chi connectivity index (χ1) is 12.2. The van der Waals surface area contributed by atoms with E-state index < -0.39 is 0 Å². The molecule has 0 bridgehead atoms. The van der Waals surface area contributed by atoms with Crippen LogP contribution in [0.25, 0.3) is 10.2 Å². The molecule has 3 aromatic rings. The first kappa shape index (κ1) is 17.0. The van der Waals surface area contributed by atoms with Crippen LogP contribution in [0, 0.1) is 0 Å². The van der Waals surface area contributed by atoms with Crippen LogP contribution in [0.5, 0.6) is 0 Å². The highest BCUT2D eigenvalue weighted by Crippen LogP contribution is 2.35. The van der Waals surface area contributed by atoms with Crippen LogP contribution in [0.3, 0.4) is 0 Å². The number of ether oxygens (including phenoxy) is 1. The van der Waals surface area contributed by atoms with Crippen molar-refractivity contribution in [3.05, 3.63) is 26.6 Å². The number of anilines is 1.